The molecule has 4 heterocycles. The molecule has 0 spiro atoms. The third-order valence-electron chi connectivity index (χ3n) is 11.3. The maximum Gasteiger partial charge on any atom is 1.00 e. The van der Waals surface area contributed by atoms with Gasteiger partial charge in [-0.2, -0.15) is 0 Å². The predicted octanol–water partition coefficient (Wildman–Crippen LogP) is 2.76. The largest absolute Gasteiger partial charge is 1.00 e. The molecule has 21 nitrogen and oxygen atoms in total. The summed E-state index contributed by atoms with van der Waals surface area (Å²) in [7, 11) is 7.57. The van der Waals surface area contributed by atoms with Crippen molar-refractivity contribution in [2.75, 3.05) is 66.6 Å². The van der Waals surface area contributed by atoms with Crippen LogP contribution >= 0.6 is 35.6 Å². The van der Waals surface area contributed by atoms with Crippen LogP contribution in [0.3, 0.4) is 0 Å². The molecule has 4 saturated heterocycles. The molecule has 0 unspecified atom stereocenters. The van der Waals surface area contributed by atoms with Crippen molar-refractivity contribution in [1.29, 1.82) is 0 Å². The maximum atomic E-state index is 12.4. The molecule has 3 N–H and O–H groups in total. The van der Waals surface area contributed by atoms with Crippen LogP contribution in [0.5, 0.6) is 0 Å². The summed E-state index contributed by atoms with van der Waals surface area (Å²) in [6, 6.07) is 16.4. The number of benzene rings is 2. The first-order valence-electron chi connectivity index (χ1n) is 25.0. The van der Waals surface area contributed by atoms with Gasteiger partial charge in [0.2, 0.25) is 17.8 Å². The monoisotopic (exact) mass is 1170 g/mol. The summed E-state index contributed by atoms with van der Waals surface area (Å²) in [5.74, 6) is -1.69. The van der Waals surface area contributed by atoms with Crippen molar-refractivity contribution in [3.63, 3.8) is 0 Å². The number of carbonyl (C=O) groups excluding carboxylic acids is 8. The summed E-state index contributed by atoms with van der Waals surface area (Å²) >= 11 is 11.9. The van der Waals surface area contributed by atoms with Gasteiger partial charge in [-0.05, 0) is 103 Å². The molecule has 431 valence electrons. The summed E-state index contributed by atoms with van der Waals surface area (Å²) in [5.41, 5.74) is 1.44. The molecule has 4 atom stereocenters. The van der Waals surface area contributed by atoms with Gasteiger partial charge in [0.25, 0.3) is 0 Å². The SMILES string of the molecule is CC(=O)OOC(C)=O.CC(C)(C)OC(=O)N1CCC(=O)CC1.CNC(=O)[C@H]1CN(C2CCN(C(=O)OC(C)(C)C)CC2)[C@@H](Cc2ccc(Cl)cc2)CO1.CNC(=O)[C@H]1CN[C@@H](Cc2ccc(Cl)cc2)CO1.Cl.[B-]OC(C)=O.[Na+]. The van der Waals surface area contributed by atoms with Crippen LogP contribution in [0, 0.1) is 0 Å². The van der Waals surface area contributed by atoms with E-state index in [4.69, 9.17) is 42.1 Å². The van der Waals surface area contributed by atoms with E-state index in [-0.39, 0.29) is 96.0 Å². The number of ketones is 1. The molecule has 4 fully saturated rings. The molecule has 4 aliphatic heterocycles. The zero-order valence-electron chi connectivity index (χ0n) is 47.1. The number of nitrogens with zero attached hydrogens (tertiary/aromatic N) is 3. The number of hydrogen-bond acceptors (Lipinski definition) is 17. The second-order valence-electron chi connectivity index (χ2n) is 20.0. The first kappa shape index (κ1) is 73.8. The molecule has 78 heavy (non-hydrogen) atoms. The van der Waals surface area contributed by atoms with Crippen molar-refractivity contribution in [2.45, 2.75) is 142 Å². The summed E-state index contributed by atoms with van der Waals surface area (Å²) in [4.78, 5) is 101. The number of carbonyl (C=O) groups is 8. The van der Waals surface area contributed by atoms with E-state index in [0.717, 1.165) is 49.6 Å². The molecule has 2 aromatic rings. The van der Waals surface area contributed by atoms with Gasteiger partial charge in [-0.15, -0.1) is 12.4 Å². The van der Waals surface area contributed by atoms with Gasteiger partial charge in [-0.25, -0.2) is 29.0 Å². The maximum absolute atomic E-state index is 12.4. The van der Waals surface area contributed by atoms with E-state index >= 15 is 0 Å². The van der Waals surface area contributed by atoms with Crippen LogP contribution in [0.15, 0.2) is 48.5 Å². The summed E-state index contributed by atoms with van der Waals surface area (Å²) < 4.78 is 25.8. The van der Waals surface area contributed by atoms with E-state index in [1.54, 1.807) is 23.9 Å². The van der Waals surface area contributed by atoms with E-state index in [9.17, 15) is 38.4 Å². The second kappa shape index (κ2) is 37.7. The minimum atomic E-state index is -0.639. The molecule has 0 aromatic heterocycles. The molecule has 3 radical (unpaired) electrons. The van der Waals surface area contributed by atoms with Crippen molar-refractivity contribution in [1.82, 2.24) is 30.7 Å². The Labute approximate surface area is 498 Å². The fourth-order valence-corrected chi connectivity index (χ4v) is 7.88. The number of morpholine rings is 2. The van der Waals surface area contributed by atoms with Gasteiger partial charge in [0.1, 0.15) is 29.2 Å². The summed E-state index contributed by atoms with van der Waals surface area (Å²) in [5, 5.41) is 10.1. The average Bonchev–Trinajstić information content (AvgIpc) is 3.37. The number of ether oxygens (including phenoxy) is 4. The minimum Gasteiger partial charge on any atom is -0.793 e. The van der Waals surface area contributed by atoms with Crippen molar-refractivity contribution >= 4 is 91.4 Å². The van der Waals surface area contributed by atoms with Crippen LogP contribution in [0.4, 0.5) is 9.59 Å². The van der Waals surface area contributed by atoms with Crippen molar-refractivity contribution in [3.05, 3.63) is 69.7 Å². The number of nitrogens with one attached hydrogen (secondary N) is 3. The quantitative estimate of drug-likeness (QED) is 0.205. The van der Waals surface area contributed by atoms with E-state index in [0.29, 0.717) is 65.3 Å². The number of piperidine rings is 2. The molecule has 4 amide bonds. The van der Waals surface area contributed by atoms with Crippen LogP contribution in [-0.4, -0.2) is 179 Å². The van der Waals surface area contributed by atoms with Crippen LogP contribution in [0.25, 0.3) is 0 Å². The standard InChI is InChI=1S/C23H34ClN3O4.C13H17ClN2O2.C10H17NO3.C4H6O4.C2H3BO2.ClH.Na/c1-23(2,3)31-22(29)26-11-9-18(10-12-26)27-14-20(21(28)25-4)30-15-19(27)13-16-5-7-17(24)8-6-16;1-15-13(17)12-7-16-11(8-18-12)6-9-2-4-10(14)5-3-9;1-10(2,3)14-9(13)11-6-4-8(12)5-7-11;1-3(5)7-8-4(2)6;1-2(4)5-3;;/h5-8,18-20H,9-15H2,1-4H3,(H,25,28);2-5,11-12,16H,6-8H2,1H3,(H,15,17);4-7H2,1-3H3;1-2H3;1H3;1H;/q;;;;-1;;+1/t19-,20+;11-,12+;;;;;/m00...../s1. The van der Waals surface area contributed by atoms with Crippen molar-refractivity contribution < 1.29 is 101 Å². The number of hydrogen-bond donors (Lipinski definition) is 3. The predicted molar refractivity (Wildman–Crippen MR) is 291 cm³/mol. The van der Waals surface area contributed by atoms with Crippen LogP contribution in [0.2, 0.25) is 10.0 Å². The zero-order chi connectivity index (χ0) is 57.2. The van der Waals surface area contributed by atoms with Gasteiger partial charge in [-0.3, -0.25) is 24.1 Å². The van der Waals surface area contributed by atoms with Crippen LogP contribution < -0.4 is 45.5 Å². The Bertz CT molecular complexity index is 2150. The molecule has 0 saturated carbocycles. The molecule has 0 aliphatic carbocycles. The van der Waals surface area contributed by atoms with Crippen molar-refractivity contribution in [2.24, 2.45) is 0 Å². The number of amides is 4. The minimum absolute atomic E-state index is 0. The molecular formula is C52H78BCl3N6NaO15. The Hall–Kier alpha value is -4.23. The van der Waals surface area contributed by atoms with E-state index in [1.165, 1.54) is 18.1 Å². The van der Waals surface area contributed by atoms with Crippen molar-refractivity contribution in [3.8, 4) is 0 Å². The van der Waals surface area contributed by atoms with E-state index < -0.39 is 35.2 Å². The van der Waals surface area contributed by atoms with Gasteiger partial charge >= 0.3 is 53.7 Å². The van der Waals surface area contributed by atoms with Gasteiger partial charge in [0, 0.05) is 115 Å². The number of halogens is 3. The molecule has 26 heteroatoms. The van der Waals surface area contributed by atoms with Crippen LogP contribution in [0.1, 0.15) is 99.1 Å². The summed E-state index contributed by atoms with van der Waals surface area (Å²) in [6.45, 7) is 19.1. The van der Waals surface area contributed by atoms with E-state index in [2.05, 4.69) is 43.3 Å². The second-order valence-corrected chi connectivity index (χ2v) is 20.8. The topological polar surface area (TPSA) is 247 Å². The number of likely N-dealkylation sites (tertiary alicyclic amines) is 2. The number of Topliss-reactive ketones (excluding diaryl/α,β-unsaturated/α-hetero) is 1. The Kier molecular flexibility index (Phi) is 35.6. The zero-order valence-corrected chi connectivity index (χ0v) is 51.4. The Morgan fingerprint density at radius 3 is 1.46 bits per heavy atom. The molecule has 4 aliphatic rings. The first-order chi connectivity index (χ1) is 35.6. The third-order valence-corrected chi connectivity index (χ3v) is 11.8. The number of likely N-dealkylation sites (N-methyl/N-ethyl adjacent to an activating group) is 2. The van der Waals surface area contributed by atoms with Gasteiger partial charge in [0.15, 0.2) is 0 Å². The number of rotatable bonds is 7. The Morgan fingerprint density at radius 1 is 0.667 bits per heavy atom. The van der Waals surface area contributed by atoms with Gasteiger partial charge < -0.3 is 57.4 Å². The normalized spacial score (nSPS) is 19.3. The molecule has 2 aromatic carbocycles. The molecule has 0 bridgehead atoms. The molecular weight excluding hydrogens is 1090 g/mol. The van der Waals surface area contributed by atoms with E-state index in [1.807, 2.05) is 90.1 Å². The smallest absolute Gasteiger partial charge is 0.793 e. The van der Waals surface area contributed by atoms with Crippen LogP contribution in [-0.2, 0) is 75.0 Å². The first-order valence-corrected chi connectivity index (χ1v) is 25.7. The van der Waals surface area contributed by atoms with Gasteiger partial charge in [-0.1, -0.05) is 47.5 Å². The summed E-state index contributed by atoms with van der Waals surface area (Å²) in [6.07, 6.45) is 2.87. The third kappa shape index (κ3) is 31.0. The van der Waals surface area contributed by atoms with Gasteiger partial charge in [0.05, 0.1) is 13.2 Å². The molecule has 6 rings (SSSR count). The fourth-order valence-electron chi connectivity index (χ4n) is 7.63. The average molecular weight is 1170 g/mol. The Morgan fingerprint density at radius 2 is 1.08 bits per heavy atom. The fraction of sp³-hybridized carbons (Fsp3) is 0.615. The Balaban J connectivity index is 0.00000107.